The van der Waals surface area contributed by atoms with E-state index in [1.54, 1.807) is 19.2 Å². The lowest BCUT2D eigenvalue weighted by atomic mass is 10.1. The SMILES string of the molecule is C#CCN(C)C(=O)Cc1cccc(N)c1. The largest absolute Gasteiger partial charge is 0.399 e. The number of hydrogen-bond acceptors (Lipinski definition) is 2. The average molecular weight is 202 g/mol. The van der Waals surface area contributed by atoms with Crippen LogP contribution in [0.4, 0.5) is 5.69 Å². The van der Waals surface area contributed by atoms with Crippen LogP contribution in [0, 0.1) is 12.3 Å². The first kappa shape index (κ1) is 11.1. The summed E-state index contributed by atoms with van der Waals surface area (Å²) < 4.78 is 0. The molecule has 0 heterocycles. The van der Waals surface area contributed by atoms with Gasteiger partial charge in [-0.15, -0.1) is 6.42 Å². The summed E-state index contributed by atoms with van der Waals surface area (Å²) in [5.74, 6) is 2.42. The van der Waals surface area contributed by atoms with Crippen LogP contribution in [-0.4, -0.2) is 24.4 Å². The maximum Gasteiger partial charge on any atom is 0.227 e. The summed E-state index contributed by atoms with van der Waals surface area (Å²) in [5.41, 5.74) is 7.18. The van der Waals surface area contributed by atoms with Gasteiger partial charge in [0.15, 0.2) is 0 Å². The third-order valence-electron chi connectivity index (χ3n) is 2.06. The number of rotatable bonds is 3. The molecule has 0 aliphatic rings. The van der Waals surface area contributed by atoms with Crippen LogP contribution in [0.2, 0.25) is 0 Å². The van der Waals surface area contributed by atoms with Gasteiger partial charge in [-0.25, -0.2) is 0 Å². The minimum atomic E-state index is -0.00134. The molecule has 0 saturated carbocycles. The minimum Gasteiger partial charge on any atom is -0.399 e. The van der Waals surface area contributed by atoms with Gasteiger partial charge >= 0.3 is 0 Å². The lowest BCUT2D eigenvalue weighted by Crippen LogP contribution is -2.28. The molecule has 0 unspecified atom stereocenters. The van der Waals surface area contributed by atoms with Crippen LogP contribution in [0.3, 0.4) is 0 Å². The van der Waals surface area contributed by atoms with Crippen molar-refractivity contribution in [2.24, 2.45) is 0 Å². The Kier molecular flexibility index (Phi) is 3.75. The van der Waals surface area contributed by atoms with E-state index in [4.69, 9.17) is 12.2 Å². The van der Waals surface area contributed by atoms with E-state index < -0.39 is 0 Å². The Hall–Kier alpha value is -1.95. The highest BCUT2D eigenvalue weighted by Gasteiger charge is 2.08. The number of hydrogen-bond donors (Lipinski definition) is 1. The summed E-state index contributed by atoms with van der Waals surface area (Å²) in [4.78, 5) is 13.1. The molecule has 15 heavy (non-hydrogen) atoms. The first-order valence-electron chi connectivity index (χ1n) is 4.65. The second-order valence-electron chi connectivity index (χ2n) is 3.38. The number of nitrogens with zero attached hydrogens (tertiary/aromatic N) is 1. The van der Waals surface area contributed by atoms with Crippen molar-refractivity contribution in [1.29, 1.82) is 0 Å². The van der Waals surface area contributed by atoms with E-state index in [0.717, 1.165) is 5.56 Å². The molecular weight excluding hydrogens is 188 g/mol. The molecule has 1 aromatic carbocycles. The molecule has 0 aromatic heterocycles. The molecule has 0 bridgehead atoms. The molecule has 3 nitrogen and oxygen atoms in total. The summed E-state index contributed by atoms with van der Waals surface area (Å²) in [6.45, 7) is 0.334. The highest BCUT2D eigenvalue weighted by atomic mass is 16.2. The average Bonchev–Trinajstić information content (AvgIpc) is 2.18. The van der Waals surface area contributed by atoms with Crippen molar-refractivity contribution in [3.8, 4) is 12.3 Å². The topological polar surface area (TPSA) is 46.3 Å². The Morgan fingerprint density at radius 3 is 2.93 bits per heavy atom. The second kappa shape index (κ2) is 5.06. The number of anilines is 1. The Morgan fingerprint density at radius 1 is 1.60 bits per heavy atom. The maximum absolute atomic E-state index is 11.6. The summed E-state index contributed by atoms with van der Waals surface area (Å²) in [7, 11) is 1.69. The molecule has 1 aromatic rings. The van der Waals surface area contributed by atoms with Crippen molar-refractivity contribution < 1.29 is 4.79 Å². The quantitative estimate of drug-likeness (QED) is 0.585. The predicted molar refractivity (Wildman–Crippen MR) is 61.0 cm³/mol. The molecule has 3 heteroatoms. The Bertz CT molecular complexity index is 393. The fourth-order valence-corrected chi connectivity index (χ4v) is 1.24. The Morgan fingerprint density at radius 2 is 2.33 bits per heavy atom. The van der Waals surface area contributed by atoms with Crippen LogP contribution in [-0.2, 0) is 11.2 Å². The van der Waals surface area contributed by atoms with Crippen molar-refractivity contribution in [2.75, 3.05) is 19.3 Å². The summed E-state index contributed by atoms with van der Waals surface area (Å²) >= 11 is 0. The lowest BCUT2D eigenvalue weighted by molar-refractivity contribution is -0.128. The molecule has 0 saturated heterocycles. The van der Waals surface area contributed by atoms with Gasteiger partial charge < -0.3 is 10.6 Å². The van der Waals surface area contributed by atoms with Crippen LogP contribution in [0.25, 0.3) is 0 Å². The third-order valence-corrected chi connectivity index (χ3v) is 2.06. The van der Waals surface area contributed by atoms with Gasteiger partial charge in [0.1, 0.15) is 0 Å². The van der Waals surface area contributed by atoms with E-state index in [-0.39, 0.29) is 5.91 Å². The number of amides is 1. The van der Waals surface area contributed by atoms with Gasteiger partial charge in [-0.1, -0.05) is 18.1 Å². The van der Waals surface area contributed by atoms with E-state index >= 15 is 0 Å². The van der Waals surface area contributed by atoms with Crippen LogP contribution in [0.5, 0.6) is 0 Å². The molecule has 0 spiro atoms. The zero-order chi connectivity index (χ0) is 11.3. The monoisotopic (exact) mass is 202 g/mol. The van der Waals surface area contributed by atoms with Gasteiger partial charge in [0.05, 0.1) is 13.0 Å². The van der Waals surface area contributed by atoms with Crippen LogP contribution in [0.15, 0.2) is 24.3 Å². The third kappa shape index (κ3) is 3.35. The van der Waals surface area contributed by atoms with Crippen LogP contribution < -0.4 is 5.73 Å². The molecule has 0 atom stereocenters. The van der Waals surface area contributed by atoms with Crippen molar-refractivity contribution >= 4 is 11.6 Å². The molecule has 1 amide bonds. The fourth-order valence-electron chi connectivity index (χ4n) is 1.24. The molecule has 0 radical (unpaired) electrons. The zero-order valence-corrected chi connectivity index (χ0v) is 8.73. The van der Waals surface area contributed by atoms with Crippen molar-refractivity contribution in [2.45, 2.75) is 6.42 Å². The second-order valence-corrected chi connectivity index (χ2v) is 3.38. The van der Waals surface area contributed by atoms with E-state index in [9.17, 15) is 4.79 Å². The van der Waals surface area contributed by atoms with E-state index in [1.807, 2.05) is 12.1 Å². The van der Waals surface area contributed by atoms with E-state index in [2.05, 4.69) is 5.92 Å². The summed E-state index contributed by atoms with van der Waals surface area (Å²) in [6, 6.07) is 7.29. The number of nitrogen functional groups attached to an aromatic ring is 1. The predicted octanol–water partition coefficient (Wildman–Crippen LogP) is 0.903. The maximum atomic E-state index is 11.6. The normalized spacial score (nSPS) is 9.33. The van der Waals surface area contributed by atoms with Gasteiger partial charge in [0.2, 0.25) is 5.91 Å². The smallest absolute Gasteiger partial charge is 0.227 e. The highest BCUT2D eigenvalue weighted by molar-refractivity contribution is 5.79. The Balaban J connectivity index is 2.63. The molecule has 0 aliphatic heterocycles. The number of carbonyl (C=O) groups is 1. The van der Waals surface area contributed by atoms with Gasteiger partial charge in [-0.05, 0) is 17.7 Å². The van der Waals surface area contributed by atoms with Gasteiger partial charge in [0, 0.05) is 12.7 Å². The molecule has 0 fully saturated rings. The molecule has 78 valence electrons. The summed E-state index contributed by atoms with van der Waals surface area (Å²) in [5, 5.41) is 0. The lowest BCUT2D eigenvalue weighted by Gasteiger charge is -2.13. The van der Waals surface area contributed by atoms with Crippen molar-refractivity contribution in [1.82, 2.24) is 4.90 Å². The van der Waals surface area contributed by atoms with Crippen molar-refractivity contribution in [3.63, 3.8) is 0 Å². The minimum absolute atomic E-state index is 0.00134. The number of likely N-dealkylation sites (N-methyl/N-ethyl adjacent to an activating group) is 1. The molecule has 0 aliphatic carbocycles. The van der Waals surface area contributed by atoms with Gasteiger partial charge in [-0.2, -0.15) is 0 Å². The van der Waals surface area contributed by atoms with E-state index in [1.165, 1.54) is 4.90 Å². The van der Waals surface area contributed by atoms with Crippen LogP contribution >= 0.6 is 0 Å². The summed E-state index contributed by atoms with van der Waals surface area (Å²) in [6.07, 6.45) is 5.46. The number of terminal acetylenes is 1. The number of carbonyl (C=O) groups excluding carboxylic acids is 1. The standard InChI is InChI=1S/C12H14N2O/c1-3-7-14(2)12(15)9-10-5-4-6-11(13)8-10/h1,4-6,8H,7,9,13H2,2H3. The van der Waals surface area contributed by atoms with Crippen LogP contribution in [0.1, 0.15) is 5.56 Å². The first-order chi connectivity index (χ1) is 7.13. The number of nitrogens with two attached hydrogens (primary N) is 1. The molecular formula is C12H14N2O. The van der Waals surface area contributed by atoms with Gasteiger partial charge in [-0.3, -0.25) is 4.79 Å². The number of benzene rings is 1. The first-order valence-corrected chi connectivity index (χ1v) is 4.65. The zero-order valence-electron chi connectivity index (χ0n) is 8.73. The molecule has 1 rings (SSSR count). The van der Waals surface area contributed by atoms with E-state index in [0.29, 0.717) is 18.7 Å². The highest BCUT2D eigenvalue weighted by Crippen LogP contribution is 2.08. The fraction of sp³-hybridized carbons (Fsp3) is 0.250. The Labute approximate surface area is 89.9 Å². The van der Waals surface area contributed by atoms with Crippen molar-refractivity contribution in [3.05, 3.63) is 29.8 Å². The van der Waals surface area contributed by atoms with Gasteiger partial charge in [0.25, 0.3) is 0 Å². The molecule has 2 N–H and O–H groups in total.